The van der Waals surface area contributed by atoms with Crippen LogP contribution in [-0.4, -0.2) is 42.8 Å². The van der Waals surface area contributed by atoms with Crippen molar-refractivity contribution < 1.29 is 9.90 Å². The van der Waals surface area contributed by atoms with Crippen molar-refractivity contribution in [3.63, 3.8) is 0 Å². The van der Waals surface area contributed by atoms with Gasteiger partial charge in [0.15, 0.2) is 0 Å². The summed E-state index contributed by atoms with van der Waals surface area (Å²) in [5.41, 5.74) is 3.64. The van der Waals surface area contributed by atoms with E-state index >= 15 is 0 Å². The minimum atomic E-state index is -0.572. The summed E-state index contributed by atoms with van der Waals surface area (Å²) >= 11 is 0. The monoisotopic (exact) mass is 392 g/mol. The molecule has 4 rings (SSSR count). The molecular weight excluding hydrogens is 364 g/mol. The molecule has 6 nitrogen and oxygen atoms in total. The molecule has 1 saturated heterocycles. The Morgan fingerprint density at radius 1 is 1.17 bits per heavy atom. The molecule has 152 valence electrons. The highest BCUT2D eigenvalue weighted by atomic mass is 16.3. The minimum absolute atomic E-state index is 0.0108. The maximum Gasteiger partial charge on any atom is 0.259 e. The van der Waals surface area contributed by atoms with Crippen molar-refractivity contribution in [2.24, 2.45) is 7.05 Å². The Morgan fingerprint density at radius 3 is 2.55 bits per heavy atom. The largest absolute Gasteiger partial charge is 0.388 e. The lowest BCUT2D eigenvalue weighted by molar-refractivity contribution is 0.0667. The number of amides is 1. The van der Waals surface area contributed by atoms with Gasteiger partial charge in [0.25, 0.3) is 5.91 Å². The zero-order valence-electron chi connectivity index (χ0n) is 17.2. The van der Waals surface area contributed by atoms with Gasteiger partial charge >= 0.3 is 0 Å². The normalized spacial score (nSPS) is 17.7. The van der Waals surface area contributed by atoms with Crippen LogP contribution in [0.4, 0.5) is 0 Å². The molecule has 1 amide bonds. The van der Waals surface area contributed by atoms with Gasteiger partial charge in [-0.15, -0.1) is 0 Å². The Balaban J connectivity index is 1.60. The van der Waals surface area contributed by atoms with Crippen molar-refractivity contribution in [3.05, 3.63) is 71.2 Å². The maximum atomic E-state index is 13.5. The SMILES string of the molecule is Cc1ccc(C)n1-c1c(C(=O)N2CCC[C@@H]2C[C@@H](O)c2ccccc2)cnn1C. The van der Waals surface area contributed by atoms with Crippen molar-refractivity contribution in [3.8, 4) is 5.82 Å². The number of carbonyl (C=O) groups excluding carboxylic acids is 1. The average Bonchev–Trinajstić information content (AvgIpc) is 3.41. The van der Waals surface area contributed by atoms with E-state index in [9.17, 15) is 9.90 Å². The molecule has 0 radical (unpaired) electrons. The van der Waals surface area contributed by atoms with E-state index < -0.39 is 6.10 Å². The van der Waals surface area contributed by atoms with E-state index in [4.69, 9.17) is 0 Å². The highest BCUT2D eigenvalue weighted by Gasteiger charge is 2.33. The van der Waals surface area contributed by atoms with Crippen molar-refractivity contribution >= 4 is 5.91 Å². The van der Waals surface area contributed by atoms with E-state index in [1.54, 1.807) is 10.9 Å². The quantitative estimate of drug-likeness (QED) is 0.722. The summed E-state index contributed by atoms with van der Waals surface area (Å²) in [7, 11) is 1.87. The lowest BCUT2D eigenvalue weighted by Gasteiger charge is -2.27. The molecule has 1 aromatic carbocycles. The van der Waals surface area contributed by atoms with Crippen LogP contribution in [0.2, 0.25) is 0 Å². The van der Waals surface area contributed by atoms with Crippen molar-refractivity contribution in [2.75, 3.05) is 6.54 Å². The molecule has 1 aliphatic heterocycles. The minimum Gasteiger partial charge on any atom is -0.388 e. The fraction of sp³-hybridized carbons (Fsp3) is 0.391. The molecule has 0 aliphatic carbocycles. The third-order valence-electron chi connectivity index (χ3n) is 5.94. The number of aryl methyl sites for hydroxylation is 3. The number of hydrogen-bond acceptors (Lipinski definition) is 3. The fourth-order valence-electron chi connectivity index (χ4n) is 4.42. The van der Waals surface area contributed by atoms with Gasteiger partial charge in [0.1, 0.15) is 11.4 Å². The van der Waals surface area contributed by atoms with Crippen LogP contribution in [0.1, 0.15) is 52.7 Å². The van der Waals surface area contributed by atoms with E-state index in [1.807, 2.05) is 68.3 Å². The standard InChI is InChI=1S/C23H28N4O2/c1-16-11-12-17(2)27(16)22-20(15-24-25(22)3)23(29)26-13-7-10-19(26)14-21(28)18-8-5-4-6-9-18/h4-6,8-9,11-12,15,19,21,28H,7,10,13-14H2,1-3H3/t19-,21-/m1/s1. The van der Waals surface area contributed by atoms with Gasteiger partial charge in [-0.05, 0) is 50.8 Å². The second-order valence-electron chi connectivity index (χ2n) is 7.91. The van der Waals surface area contributed by atoms with Gasteiger partial charge in [0.2, 0.25) is 0 Å². The zero-order valence-corrected chi connectivity index (χ0v) is 17.2. The molecule has 3 heterocycles. The molecule has 2 aromatic heterocycles. The Kier molecular flexibility index (Phi) is 5.28. The molecule has 3 aromatic rings. The third kappa shape index (κ3) is 3.60. The van der Waals surface area contributed by atoms with Crippen LogP contribution in [0.3, 0.4) is 0 Å². The Morgan fingerprint density at radius 2 is 1.86 bits per heavy atom. The van der Waals surface area contributed by atoms with Crippen LogP contribution < -0.4 is 0 Å². The highest BCUT2D eigenvalue weighted by Crippen LogP contribution is 2.30. The van der Waals surface area contributed by atoms with Crippen molar-refractivity contribution in [2.45, 2.75) is 45.3 Å². The summed E-state index contributed by atoms with van der Waals surface area (Å²) in [5.74, 6) is 0.785. The predicted octanol–water partition coefficient (Wildman–Crippen LogP) is 3.56. The van der Waals surface area contributed by atoms with Crippen LogP contribution in [0.5, 0.6) is 0 Å². The molecular formula is C23H28N4O2. The Hall–Kier alpha value is -2.86. The second-order valence-corrected chi connectivity index (χ2v) is 7.91. The van der Waals surface area contributed by atoms with Gasteiger partial charge in [0.05, 0.1) is 12.3 Å². The van der Waals surface area contributed by atoms with E-state index in [0.717, 1.165) is 35.6 Å². The highest BCUT2D eigenvalue weighted by molar-refractivity contribution is 5.97. The van der Waals surface area contributed by atoms with E-state index in [-0.39, 0.29) is 11.9 Å². The summed E-state index contributed by atoms with van der Waals surface area (Å²) in [6.07, 6.45) is 3.51. The van der Waals surface area contributed by atoms with E-state index in [2.05, 4.69) is 9.67 Å². The molecule has 0 spiro atoms. The molecule has 6 heteroatoms. The van der Waals surface area contributed by atoms with Crippen LogP contribution in [0.25, 0.3) is 5.82 Å². The van der Waals surface area contributed by atoms with E-state index in [0.29, 0.717) is 18.5 Å². The fourth-order valence-corrected chi connectivity index (χ4v) is 4.42. The number of rotatable bonds is 5. The van der Waals surface area contributed by atoms with Gasteiger partial charge in [-0.3, -0.25) is 9.48 Å². The average molecular weight is 393 g/mol. The summed E-state index contributed by atoms with van der Waals surface area (Å²) < 4.78 is 3.83. The topological polar surface area (TPSA) is 63.3 Å². The van der Waals surface area contributed by atoms with Crippen molar-refractivity contribution in [1.29, 1.82) is 0 Å². The lowest BCUT2D eigenvalue weighted by atomic mass is 10.0. The van der Waals surface area contributed by atoms with Gasteiger partial charge in [-0.2, -0.15) is 5.10 Å². The summed E-state index contributed by atoms with van der Waals surface area (Å²) in [4.78, 5) is 15.4. The predicted molar refractivity (Wildman–Crippen MR) is 112 cm³/mol. The number of hydrogen-bond donors (Lipinski definition) is 1. The Bertz CT molecular complexity index is 986. The van der Waals surface area contributed by atoms with Crippen LogP contribution >= 0.6 is 0 Å². The first kappa shape index (κ1) is 19.5. The van der Waals surface area contributed by atoms with Gasteiger partial charge in [0, 0.05) is 31.0 Å². The number of nitrogens with zero attached hydrogens (tertiary/aromatic N) is 4. The van der Waals surface area contributed by atoms with Crippen LogP contribution in [0.15, 0.2) is 48.7 Å². The maximum absolute atomic E-state index is 13.5. The number of aliphatic hydroxyl groups is 1. The molecule has 0 unspecified atom stereocenters. The lowest BCUT2D eigenvalue weighted by Crippen LogP contribution is -2.37. The van der Waals surface area contributed by atoms with Crippen LogP contribution in [-0.2, 0) is 7.05 Å². The number of benzene rings is 1. The first-order valence-electron chi connectivity index (χ1n) is 10.2. The number of aromatic nitrogens is 3. The molecule has 2 atom stereocenters. The number of likely N-dealkylation sites (tertiary alicyclic amines) is 1. The summed E-state index contributed by atoms with van der Waals surface area (Å²) in [6, 6.07) is 13.8. The smallest absolute Gasteiger partial charge is 0.259 e. The molecule has 1 aliphatic rings. The van der Waals surface area contributed by atoms with Gasteiger partial charge in [-0.1, -0.05) is 30.3 Å². The summed E-state index contributed by atoms with van der Waals surface area (Å²) in [6.45, 7) is 4.77. The zero-order chi connectivity index (χ0) is 20.5. The van der Waals surface area contributed by atoms with Gasteiger partial charge in [-0.25, -0.2) is 0 Å². The third-order valence-corrected chi connectivity index (χ3v) is 5.94. The molecule has 1 N–H and O–H groups in total. The number of aliphatic hydroxyl groups excluding tert-OH is 1. The Labute approximate surface area is 171 Å². The van der Waals surface area contributed by atoms with Crippen LogP contribution in [0, 0.1) is 13.8 Å². The van der Waals surface area contributed by atoms with Crippen molar-refractivity contribution in [1.82, 2.24) is 19.2 Å². The number of carbonyl (C=O) groups is 1. The van der Waals surface area contributed by atoms with E-state index in [1.165, 1.54) is 0 Å². The molecule has 1 fully saturated rings. The first-order valence-corrected chi connectivity index (χ1v) is 10.2. The van der Waals surface area contributed by atoms with Gasteiger partial charge < -0.3 is 14.6 Å². The molecule has 29 heavy (non-hydrogen) atoms. The molecule has 0 saturated carbocycles. The summed E-state index contributed by atoms with van der Waals surface area (Å²) in [5, 5.41) is 15.1. The second kappa shape index (κ2) is 7.87. The molecule has 0 bridgehead atoms. The first-order chi connectivity index (χ1) is 14.0.